The van der Waals surface area contributed by atoms with Crippen LogP contribution >= 0.6 is 0 Å². The Morgan fingerprint density at radius 3 is 2.18 bits per heavy atom. The summed E-state index contributed by atoms with van der Waals surface area (Å²) < 4.78 is 52.4. The summed E-state index contributed by atoms with van der Waals surface area (Å²) in [6.07, 6.45) is -5.26. The van der Waals surface area contributed by atoms with Crippen LogP contribution in [0.2, 0.25) is 0 Å². The van der Waals surface area contributed by atoms with E-state index in [1.807, 2.05) is 0 Å². The van der Waals surface area contributed by atoms with Crippen molar-refractivity contribution in [1.82, 2.24) is 15.5 Å². The standard InChI is InChI=1S/C12H9F4N3O3/c1-19-9(21)11(12(14,15)16,18-10(19)22)17-8(20)6-2-4-7(13)5-3-6/h2-5H,1H3,(H,17,20)(H,18,22)/t11-/m1/s1. The number of carbonyl (C=O) groups is 3. The first-order valence-corrected chi connectivity index (χ1v) is 5.83. The third-order valence-electron chi connectivity index (χ3n) is 3.06. The number of halogens is 4. The van der Waals surface area contributed by atoms with E-state index in [9.17, 15) is 31.9 Å². The number of nitrogens with zero attached hydrogens (tertiary/aromatic N) is 1. The zero-order valence-electron chi connectivity index (χ0n) is 11.0. The van der Waals surface area contributed by atoms with Crippen molar-refractivity contribution < 1.29 is 31.9 Å². The summed E-state index contributed by atoms with van der Waals surface area (Å²) in [6, 6.07) is 2.33. The first kappa shape index (κ1) is 15.7. The second-order valence-corrected chi connectivity index (χ2v) is 4.50. The van der Waals surface area contributed by atoms with Gasteiger partial charge in [0.1, 0.15) is 5.82 Å². The number of rotatable bonds is 2. The highest BCUT2D eigenvalue weighted by molar-refractivity contribution is 6.10. The van der Waals surface area contributed by atoms with Gasteiger partial charge in [-0.3, -0.25) is 19.8 Å². The number of likely N-dealkylation sites (N-methyl/N-ethyl adjacent to an activating group) is 1. The van der Waals surface area contributed by atoms with Crippen LogP contribution in [-0.2, 0) is 4.79 Å². The lowest BCUT2D eigenvalue weighted by Gasteiger charge is -2.29. The van der Waals surface area contributed by atoms with Gasteiger partial charge in [0, 0.05) is 12.6 Å². The van der Waals surface area contributed by atoms with Crippen LogP contribution in [0.15, 0.2) is 24.3 Å². The van der Waals surface area contributed by atoms with Gasteiger partial charge in [-0.1, -0.05) is 0 Å². The predicted octanol–water partition coefficient (Wildman–Crippen LogP) is 0.996. The lowest BCUT2D eigenvalue weighted by Crippen LogP contribution is -2.69. The molecule has 1 saturated heterocycles. The van der Waals surface area contributed by atoms with E-state index in [2.05, 4.69) is 0 Å². The molecule has 6 nitrogen and oxygen atoms in total. The molecule has 1 fully saturated rings. The summed E-state index contributed by atoms with van der Waals surface area (Å²) in [5.74, 6) is -3.64. The molecule has 1 aromatic carbocycles. The van der Waals surface area contributed by atoms with Gasteiger partial charge in [-0.15, -0.1) is 0 Å². The van der Waals surface area contributed by atoms with Crippen LogP contribution in [-0.4, -0.2) is 41.6 Å². The summed E-state index contributed by atoms with van der Waals surface area (Å²) in [5.41, 5.74) is -3.86. The highest BCUT2D eigenvalue weighted by Gasteiger charge is 2.68. The SMILES string of the molecule is CN1C(=O)N[C@@](NC(=O)c2ccc(F)cc2)(C(F)(F)F)C1=O. The highest BCUT2D eigenvalue weighted by Crippen LogP contribution is 2.33. The number of amides is 4. The minimum absolute atomic E-state index is 0.207. The van der Waals surface area contributed by atoms with Gasteiger partial charge in [0.05, 0.1) is 0 Å². The fraction of sp³-hybridized carbons (Fsp3) is 0.250. The Morgan fingerprint density at radius 2 is 1.77 bits per heavy atom. The van der Waals surface area contributed by atoms with Crippen molar-refractivity contribution in [3.05, 3.63) is 35.6 Å². The molecule has 0 radical (unpaired) electrons. The zero-order chi connectivity index (χ0) is 16.7. The van der Waals surface area contributed by atoms with Gasteiger partial charge in [0.2, 0.25) is 0 Å². The van der Waals surface area contributed by atoms with Crippen LogP contribution in [0.1, 0.15) is 10.4 Å². The second kappa shape index (κ2) is 4.97. The molecule has 0 aromatic heterocycles. The number of nitrogens with one attached hydrogen (secondary N) is 2. The fourth-order valence-corrected chi connectivity index (χ4v) is 1.83. The maximum atomic E-state index is 13.2. The average molecular weight is 319 g/mol. The molecule has 0 spiro atoms. The largest absolute Gasteiger partial charge is 0.440 e. The topological polar surface area (TPSA) is 78.5 Å². The van der Waals surface area contributed by atoms with Crippen LogP contribution in [0.5, 0.6) is 0 Å². The molecule has 22 heavy (non-hydrogen) atoms. The quantitative estimate of drug-likeness (QED) is 0.630. The Kier molecular flexibility index (Phi) is 3.55. The summed E-state index contributed by atoms with van der Waals surface area (Å²) in [5, 5.41) is 2.89. The molecule has 1 aromatic rings. The number of imide groups is 1. The van der Waals surface area contributed by atoms with Crippen LogP contribution in [0.3, 0.4) is 0 Å². The molecule has 1 atom stereocenters. The van der Waals surface area contributed by atoms with Gasteiger partial charge < -0.3 is 5.32 Å². The molecular formula is C12H9F4N3O3. The number of alkyl halides is 3. The maximum absolute atomic E-state index is 13.2. The highest BCUT2D eigenvalue weighted by atomic mass is 19.4. The Bertz CT molecular complexity index is 644. The molecule has 0 aliphatic carbocycles. The smallest absolute Gasteiger partial charge is 0.314 e. The fourth-order valence-electron chi connectivity index (χ4n) is 1.83. The van der Waals surface area contributed by atoms with E-state index in [-0.39, 0.29) is 10.5 Å². The molecule has 1 aliphatic rings. The first-order valence-electron chi connectivity index (χ1n) is 5.83. The van der Waals surface area contributed by atoms with E-state index >= 15 is 0 Å². The predicted molar refractivity (Wildman–Crippen MR) is 64.0 cm³/mol. The number of hydrogen-bond acceptors (Lipinski definition) is 3. The van der Waals surface area contributed by atoms with Gasteiger partial charge in [-0.25, -0.2) is 9.18 Å². The molecule has 0 saturated carbocycles. The zero-order valence-corrected chi connectivity index (χ0v) is 11.0. The normalized spacial score (nSPS) is 21.8. The Balaban J connectivity index is 2.37. The Labute approximate surface area is 121 Å². The molecule has 1 heterocycles. The van der Waals surface area contributed by atoms with Crippen LogP contribution in [0, 0.1) is 5.82 Å². The number of urea groups is 1. The van der Waals surface area contributed by atoms with Crippen molar-refractivity contribution in [1.29, 1.82) is 0 Å². The van der Waals surface area contributed by atoms with Crippen molar-refractivity contribution in [2.45, 2.75) is 11.8 Å². The molecular weight excluding hydrogens is 310 g/mol. The molecule has 2 rings (SSSR count). The molecule has 4 amide bonds. The lowest BCUT2D eigenvalue weighted by atomic mass is 10.1. The van der Waals surface area contributed by atoms with E-state index in [0.717, 1.165) is 31.3 Å². The first-order chi connectivity index (χ1) is 10.1. The van der Waals surface area contributed by atoms with Crippen LogP contribution in [0.4, 0.5) is 22.4 Å². The van der Waals surface area contributed by atoms with E-state index < -0.39 is 35.5 Å². The van der Waals surface area contributed by atoms with Gasteiger partial charge >= 0.3 is 12.2 Å². The number of carbonyl (C=O) groups excluding carboxylic acids is 3. The number of hydrogen-bond donors (Lipinski definition) is 2. The average Bonchev–Trinajstić information content (AvgIpc) is 2.64. The van der Waals surface area contributed by atoms with Crippen molar-refractivity contribution in [2.24, 2.45) is 0 Å². The third-order valence-corrected chi connectivity index (χ3v) is 3.06. The summed E-state index contributed by atoms with van der Waals surface area (Å²) in [4.78, 5) is 35.1. The van der Waals surface area contributed by atoms with E-state index in [1.54, 1.807) is 0 Å². The van der Waals surface area contributed by atoms with E-state index in [1.165, 1.54) is 10.6 Å². The summed E-state index contributed by atoms with van der Waals surface area (Å²) in [6.45, 7) is 0. The summed E-state index contributed by atoms with van der Waals surface area (Å²) >= 11 is 0. The number of benzene rings is 1. The molecule has 0 bridgehead atoms. The molecule has 1 aliphatic heterocycles. The Morgan fingerprint density at radius 1 is 1.23 bits per heavy atom. The monoisotopic (exact) mass is 319 g/mol. The van der Waals surface area contributed by atoms with E-state index in [0.29, 0.717) is 0 Å². The van der Waals surface area contributed by atoms with Gasteiger partial charge in [0.25, 0.3) is 17.5 Å². The molecule has 118 valence electrons. The maximum Gasteiger partial charge on any atom is 0.440 e. The van der Waals surface area contributed by atoms with Crippen molar-refractivity contribution in [3.8, 4) is 0 Å². The van der Waals surface area contributed by atoms with Crippen molar-refractivity contribution >= 4 is 17.8 Å². The van der Waals surface area contributed by atoms with Crippen molar-refractivity contribution in [2.75, 3.05) is 7.05 Å². The van der Waals surface area contributed by atoms with Gasteiger partial charge in [0.15, 0.2) is 0 Å². The van der Waals surface area contributed by atoms with E-state index in [4.69, 9.17) is 0 Å². The molecule has 2 N–H and O–H groups in total. The van der Waals surface area contributed by atoms with Gasteiger partial charge in [-0.05, 0) is 24.3 Å². The Hall–Kier alpha value is -2.65. The lowest BCUT2D eigenvalue weighted by molar-refractivity contribution is -0.199. The summed E-state index contributed by atoms with van der Waals surface area (Å²) in [7, 11) is 0.842. The van der Waals surface area contributed by atoms with Crippen LogP contribution < -0.4 is 10.6 Å². The minimum atomic E-state index is -5.26. The second-order valence-electron chi connectivity index (χ2n) is 4.50. The molecule has 0 unspecified atom stereocenters. The van der Waals surface area contributed by atoms with Gasteiger partial charge in [-0.2, -0.15) is 13.2 Å². The molecule has 10 heteroatoms. The van der Waals surface area contributed by atoms with Crippen LogP contribution in [0.25, 0.3) is 0 Å². The van der Waals surface area contributed by atoms with Crippen molar-refractivity contribution in [3.63, 3.8) is 0 Å². The third kappa shape index (κ3) is 2.36. The minimum Gasteiger partial charge on any atom is -0.314 e.